The third kappa shape index (κ3) is 14.4. The van der Waals surface area contributed by atoms with Gasteiger partial charge in [-0.25, -0.2) is 0 Å². The Bertz CT molecular complexity index is 296. The lowest BCUT2D eigenvalue weighted by Crippen LogP contribution is -3.00. The van der Waals surface area contributed by atoms with E-state index < -0.39 is 0 Å². The lowest BCUT2D eigenvalue weighted by atomic mass is 10.1. The molecule has 0 aliphatic rings. The Kier molecular flexibility index (Phi) is 19.7. The molecule has 0 aromatic heterocycles. The Morgan fingerprint density at radius 3 is 1.32 bits per heavy atom. The van der Waals surface area contributed by atoms with Crippen LogP contribution in [0, 0.1) is 0 Å². The molecule has 0 radical (unpaired) electrons. The maximum absolute atomic E-state index is 2.61. The molecule has 0 saturated carbocycles. The fourth-order valence-electron chi connectivity index (χ4n) is 3.44. The molecule has 4 heteroatoms. The van der Waals surface area contributed by atoms with E-state index in [0.29, 0.717) is 0 Å². The van der Waals surface area contributed by atoms with E-state index in [-0.39, 0.29) is 12.4 Å². The second-order valence-corrected chi connectivity index (χ2v) is 7.61. The summed E-state index contributed by atoms with van der Waals surface area (Å²) in [6, 6.07) is 0. The number of nitrogens with zero attached hydrogens (tertiary/aromatic N) is 3. The van der Waals surface area contributed by atoms with E-state index in [2.05, 4.69) is 56.4 Å². The molecule has 25 heavy (non-hydrogen) atoms. The first kappa shape index (κ1) is 26.8. The monoisotopic (exact) mass is 375 g/mol. The zero-order valence-corrected chi connectivity index (χ0v) is 18.9. The molecule has 152 valence electrons. The van der Waals surface area contributed by atoms with E-state index >= 15 is 0 Å². The standard InChI is InChI=1S/C21H46N3.ClH/c1-7-9-11-13-15-17-19-24(21(22(3)4)23(5)6)20-18-16-14-12-10-8-2;/h7-20H2,1-6H3;1H/q+1;/p-1. The minimum Gasteiger partial charge on any atom is -1.00 e. The first-order valence-corrected chi connectivity index (χ1v) is 10.5. The van der Waals surface area contributed by atoms with E-state index in [9.17, 15) is 0 Å². The number of hydrogen-bond acceptors (Lipinski definition) is 0. The Hall–Kier alpha value is -0.440. The van der Waals surface area contributed by atoms with Crippen LogP contribution in [0.1, 0.15) is 90.9 Å². The summed E-state index contributed by atoms with van der Waals surface area (Å²) < 4.78 is 2.27. The fourth-order valence-corrected chi connectivity index (χ4v) is 3.44. The van der Waals surface area contributed by atoms with Gasteiger partial charge >= 0.3 is 5.96 Å². The summed E-state index contributed by atoms with van der Waals surface area (Å²) in [5, 5.41) is 0. The number of rotatable bonds is 14. The maximum Gasteiger partial charge on any atom is 0.349 e. The highest BCUT2D eigenvalue weighted by Crippen LogP contribution is 2.10. The molecule has 0 N–H and O–H groups in total. The quantitative estimate of drug-likeness (QED) is 0.199. The van der Waals surface area contributed by atoms with Crippen molar-refractivity contribution in [3.05, 3.63) is 0 Å². The van der Waals surface area contributed by atoms with Crippen molar-refractivity contribution < 1.29 is 17.0 Å². The summed E-state index contributed by atoms with van der Waals surface area (Å²) in [6.45, 7) is 6.98. The topological polar surface area (TPSA) is 9.49 Å². The smallest absolute Gasteiger partial charge is 0.349 e. The second-order valence-electron chi connectivity index (χ2n) is 7.61. The zero-order chi connectivity index (χ0) is 18.2. The third-order valence-corrected chi connectivity index (χ3v) is 4.65. The van der Waals surface area contributed by atoms with Crippen molar-refractivity contribution in [2.45, 2.75) is 90.9 Å². The maximum atomic E-state index is 2.61. The number of hydrogen-bond donors (Lipinski definition) is 0. The van der Waals surface area contributed by atoms with Crippen LogP contribution in [0.5, 0.6) is 0 Å². The SMILES string of the molecule is CCCCCCCCN(CCCCCCCC)C(N(C)C)=[N+](C)C.[Cl-]. The summed E-state index contributed by atoms with van der Waals surface area (Å²) in [5.74, 6) is 1.36. The van der Waals surface area contributed by atoms with Crippen molar-refractivity contribution in [3.8, 4) is 0 Å². The predicted octanol–water partition coefficient (Wildman–Crippen LogP) is 2.20. The van der Waals surface area contributed by atoms with Gasteiger partial charge in [-0.05, 0) is 12.8 Å². The second kappa shape index (κ2) is 18.4. The van der Waals surface area contributed by atoms with Crippen LogP contribution in [0.25, 0.3) is 0 Å². The van der Waals surface area contributed by atoms with Crippen LogP contribution < -0.4 is 12.4 Å². The molecule has 0 aromatic rings. The number of unbranched alkanes of at least 4 members (excludes halogenated alkanes) is 10. The molecule has 0 fully saturated rings. The molecular weight excluding hydrogens is 330 g/mol. The van der Waals surface area contributed by atoms with Crippen molar-refractivity contribution in [2.24, 2.45) is 0 Å². The fraction of sp³-hybridized carbons (Fsp3) is 0.952. The van der Waals surface area contributed by atoms with E-state index in [1.165, 1.54) is 96.1 Å². The zero-order valence-electron chi connectivity index (χ0n) is 18.1. The van der Waals surface area contributed by atoms with Crippen LogP contribution in [-0.4, -0.2) is 61.6 Å². The van der Waals surface area contributed by atoms with E-state index in [0.717, 1.165) is 0 Å². The lowest BCUT2D eigenvalue weighted by molar-refractivity contribution is -0.476. The van der Waals surface area contributed by atoms with Crippen molar-refractivity contribution >= 4 is 5.96 Å². The first-order valence-electron chi connectivity index (χ1n) is 10.5. The minimum atomic E-state index is 0. The van der Waals surface area contributed by atoms with Crippen molar-refractivity contribution in [3.63, 3.8) is 0 Å². The first-order chi connectivity index (χ1) is 11.5. The molecule has 0 unspecified atom stereocenters. The molecule has 0 saturated heterocycles. The molecule has 3 nitrogen and oxygen atoms in total. The molecule has 0 aliphatic carbocycles. The Morgan fingerprint density at radius 2 is 1.00 bits per heavy atom. The normalized spacial score (nSPS) is 10.3. The van der Waals surface area contributed by atoms with Crippen LogP contribution in [0.2, 0.25) is 0 Å². The van der Waals surface area contributed by atoms with Crippen molar-refractivity contribution in [1.82, 2.24) is 9.80 Å². The van der Waals surface area contributed by atoms with Gasteiger partial charge in [0.15, 0.2) is 0 Å². The van der Waals surface area contributed by atoms with Gasteiger partial charge < -0.3 is 12.4 Å². The molecular formula is C21H46ClN3. The lowest BCUT2D eigenvalue weighted by Gasteiger charge is -2.25. The molecule has 0 amide bonds. The largest absolute Gasteiger partial charge is 1.00 e. The third-order valence-electron chi connectivity index (χ3n) is 4.65. The Balaban J connectivity index is 0. The van der Waals surface area contributed by atoms with Gasteiger partial charge in [-0.2, -0.15) is 0 Å². The van der Waals surface area contributed by atoms with Gasteiger partial charge in [0.2, 0.25) is 0 Å². The highest BCUT2D eigenvalue weighted by atomic mass is 35.5. The van der Waals surface area contributed by atoms with Gasteiger partial charge in [0.05, 0.1) is 41.3 Å². The summed E-state index contributed by atoms with van der Waals surface area (Å²) in [5.41, 5.74) is 0. The highest BCUT2D eigenvalue weighted by molar-refractivity contribution is 5.74. The van der Waals surface area contributed by atoms with Gasteiger partial charge in [-0.3, -0.25) is 14.4 Å². The van der Waals surface area contributed by atoms with Crippen LogP contribution in [0.15, 0.2) is 0 Å². The number of guanidine groups is 1. The molecule has 0 spiro atoms. The molecule has 0 rings (SSSR count). The van der Waals surface area contributed by atoms with Crippen LogP contribution >= 0.6 is 0 Å². The Labute approximate surface area is 165 Å². The van der Waals surface area contributed by atoms with E-state index in [1.807, 2.05) is 0 Å². The summed E-state index contributed by atoms with van der Waals surface area (Å²) in [6.07, 6.45) is 16.5. The van der Waals surface area contributed by atoms with Gasteiger partial charge in [-0.1, -0.05) is 78.1 Å². The Morgan fingerprint density at radius 1 is 0.640 bits per heavy atom. The number of halogens is 1. The molecule has 0 aromatic carbocycles. The summed E-state index contributed by atoms with van der Waals surface area (Å²) in [4.78, 5) is 4.88. The van der Waals surface area contributed by atoms with E-state index in [4.69, 9.17) is 0 Å². The van der Waals surface area contributed by atoms with Gasteiger partial charge in [0, 0.05) is 0 Å². The predicted molar refractivity (Wildman–Crippen MR) is 109 cm³/mol. The molecule has 0 heterocycles. The molecule has 0 atom stereocenters. The highest BCUT2D eigenvalue weighted by Gasteiger charge is 2.21. The minimum absolute atomic E-state index is 0. The molecule has 0 aliphatic heterocycles. The van der Waals surface area contributed by atoms with Crippen LogP contribution in [0.4, 0.5) is 0 Å². The van der Waals surface area contributed by atoms with Crippen molar-refractivity contribution in [1.29, 1.82) is 0 Å². The van der Waals surface area contributed by atoms with Crippen LogP contribution in [-0.2, 0) is 0 Å². The average molecular weight is 376 g/mol. The van der Waals surface area contributed by atoms with Crippen molar-refractivity contribution in [2.75, 3.05) is 41.3 Å². The van der Waals surface area contributed by atoms with Gasteiger partial charge in [-0.15, -0.1) is 0 Å². The van der Waals surface area contributed by atoms with Gasteiger partial charge in [0.25, 0.3) is 0 Å². The summed E-state index contributed by atoms with van der Waals surface area (Å²) in [7, 11) is 8.69. The van der Waals surface area contributed by atoms with Crippen LogP contribution in [0.3, 0.4) is 0 Å². The van der Waals surface area contributed by atoms with Gasteiger partial charge in [0.1, 0.15) is 0 Å². The van der Waals surface area contributed by atoms with E-state index in [1.54, 1.807) is 0 Å². The summed E-state index contributed by atoms with van der Waals surface area (Å²) >= 11 is 0. The average Bonchev–Trinajstić information content (AvgIpc) is 2.52. The molecule has 0 bridgehead atoms.